The van der Waals surface area contributed by atoms with E-state index in [1.54, 1.807) is 6.20 Å². The second-order valence-corrected chi connectivity index (χ2v) is 5.14. The number of thioether (sulfide) groups is 1. The van der Waals surface area contributed by atoms with E-state index in [-0.39, 0.29) is 6.10 Å². The molecule has 1 N–H and O–H groups in total. The smallest absolute Gasteiger partial charge is 0.0923 e. The summed E-state index contributed by atoms with van der Waals surface area (Å²) in [7, 11) is 0. The van der Waals surface area contributed by atoms with Gasteiger partial charge in [0.05, 0.1) is 6.10 Å². The van der Waals surface area contributed by atoms with E-state index in [0.29, 0.717) is 5.25 Å². The van der Waals surface area contributed by atoms with E-state index >= 15 is 0 Å². The zero-order valence-electron chi connectivity index (χ0n) is 8.31. The molecule has 1 aromatic rings. The van der Waals surface area contributed by atoms with Crippen LogP contribution >= 0.6 is 11.8 Å². The summed E-state index contributed by atoms with van der Waals surface area (Å²) in [5.41, 5.74) is 2.08. The highest BCUT2D eigenvalue weighted by Gasteiger charge is 2.25. The fourth-order valence-corrected chi connectivity index (χ4v) is 3.12. The molecule has 0 bridgehead atoms. The highest BCUT2D eigenvalue weighted by molar-refractivity contribution is 8.00. The Labute approximate surface area is 88.8 Å². The van der Waals surface area contributed by atoms with E-state index in [9.17, 15) is 5.11 Å². The minimum atomic E-state index is -0.338. The van der Waals surface area contributed by atoms with Gasteiger partial charge in [-0.25, -0.2) is 0 Å². The molecule has 2 atom stereocenters. The summed E-state index contributed by atoms with van der Waals surface area (Å²) in [6, 6.07) is 2.02. The minimum Gasteiger partial charge on any atom is -0.387 e. The standard InChI is InChI=1S/C11H15NOS/c1-8-5-9(7-12-6-8)11(13)10-3-2-4-14-10/h5-7,10-11,13H,2-4H2,1H3. The topological polar surface area (TPSA) is 33.1 Å². The normalized spacial score (nSPS) is 23.7. The van der Waals surface area contributed by atoms with Crippen LogP contribution in [0.1, 0.15) is 30.1 Å². The van der Waals surface area contributed by atoms with Crippen LogP contribution in [0.15, 0.2) is 18.5 Å². The second kappa shape index (κ2) is 4.32. The Morgan fingerprint density at radius 2 is 2.43 bits per heavy atom. The van der Waals surface area contributed by atoms with Gasteiger partial charge in [0.1, 0.15) is 0 Å². The monoisotopic (exact) mass is 209 g/mol. The van der Waals surface area contributed by atoms with Crippen LogP contribution in [0.5, 0.6) is 0 Å². The Morgan fingerprint density at radius 1 is 1.57 bits per heavy atom. The average molecular weight is 209 g/mol. The van der Waals surface area contributed by atoms with Gasteiger partial charge in [-0.3, -0.25) is 4.98 Å². The first kappa shape index (κ1) is 9.99. The van der Waals surface area contributed by atoms with E-state index in [1.165, 1.54) is 12.2 Å². The van der Waals surface area contributed by atoms with Crippen LogP contribution in [0.4, 0.5) is 0 Å². The van der Waals surface area contributed by atoms with Gasteiger partial charge in [0, 0.05) is 23.2 Å². The number of rotatable bonds is 2. The number of aliphatic hydroxyl groups is 1. The summed E-state index contributed by atoms with van der Waals surface area (Å²) < 4.78 is 0. The summed E-state index contributed by atoms with van der Waals surface area (Å²) in [5, 5.41) is 10.5. The third-order valence-electron chi connectivity index (χ3n) is 2.55. The fourth-order valence-electron chi connectivity index (χ4n) is 1.81. The first-order valence-corrected chi connectivity index (χ1v) is 6.03. The molecule has 14 heavy (non-hydrogen) atoms. The van der Waals surface area contributed by atoms with Crippen molar-refractivity contribution in [3.63, 3.8) is 0 Å². The fraction of sp³-hybridized carbons (Fsp3) is 0.545. The maximum absolute atomic E-state index is 10.1. The molecule has 2 heterocycles. The van der Waals surface area contributed by atoms with Crippen LogP contribution < -0.4 is 0 Å². The average Bonchev–Trinajstić information content (AvgIpc) is 2.69. The predicted octanol–water partition coefficient (Wildman–Crippen LogP) is 2.32. The van der Waals surface area contributed by atoms with E-state index < -0.39 is 0 Å². The lowest BCUT2D eigenvalue weighted by Crippen LogP contribution is -2.12. The molecule has 0 aliphatic carbocycles. The lowest BCUT2D eigenvalue weighted by Gasteiger charge is -2.17. The van der Waals surface area contributed by atoms with Gasteiger partial charge in [0.2, 0.25) is 0 Å². The van der Waals surface area contributed by atoms with Gasteiger partial charge in [-0.1, -0.05) is 6.07 Å². The number of aliphatic hydroxyl groups excluding tert-OH is 1. The van der Waals surface area contributed by atoms with Crippen molar-refractivity contribution in [1.29, 1.82) is 0 Å². The van der Waals surface area contributed by atoms with Crippen LogP contribution in [-0.4, -0.2) is 21.1 Å². The van der Waals surface area contributed by atoms with Crippen LogP contribution in [0.25, 0.3) is 0 Å². The molecule has 2 nitrogen and oxygen atoms in total. The van der Waals surface area contributed by atoms with E-state index in [1.807, 2.05) is 30.9 Å². The Morgan fingerprint density at radius 3 is 3.07 bits per heavy atom. The quantitative estimate of drug-likeness (QED) is 0.811. The van der Waals surface area contributed by atoms with Crippen molar-refractivity contribution in [2.75, 3.05) is 5.75 Å². The molecule has 3 heteroatoms. The van der Waals surface area contributed by atoms with Gasteiger partial charge < -0.3 is 5.11 Å². The Hall–Kier alpha value is -0.540. The number of hydrogen-bond acceptors (Lipinski definition) is 3. The first-order chi connectivity index (χ1) is 6.77. The Balaban J connectivity index is 2.13. The molecule has 0 aromatic carbocycles. The maximum atomic E-state index is 10.1. The van der Waals surface area contributed by atoms with Crippen molar-refractivity contribution in [3.05, 3.63) is 29.6 Å². The van der Waals surface area contributed by atoms with Gasteiger partial charge in [0.25, 0.3) is 0 Å². The molecule has 0 amide bonds. The van der Waals surface area contributed by atoms with Crippen molar-refractivity contribution < 1.29 is 5.11 Å². The van der Waals surface area contributed by atoms with Crippen LogP contribution in [0.2, 0.25) is 0 Å². The third kappa shape index (κ3) is 2.10. The summed E-state index contributed by atoms with van der Waals surface area (Å²) in [5.74, 6) is 1.18. The Kier molecular flexibility index (Phi) is 3.08. The molecule has 1 saturated heterocycles. The number of aromatic nitrogens is 1. The molecule has 1 fully saturated rings. The molecule has 2 rings (SSSR count). The first-order valence-electron chi connectivity index (χ1n) is 4.98. The van der Waals surface area contributed by atoms with Gasteiger partial charge in [-0.2, -0.15) is 11.8 Å². The van der Waals surface area contributed by atoms with Crippen LogP contribution in [-0.2, 0) is 0 Å². The lowest BCUT2D eigenvalue weighted by molar-refractivity contribution is 0.172. The maximum Gasteiger partial charge on any atom is 0.0923 e. The highest BCUT2D eigenvalue weighted by atomic mass is 32.2. The highest BCUT2D eigenvalue weighted by Crippen LogP contribution is 2.35. The number of hydrogen-bond donors (Lipinski definition) is 1. The summed E-state index contributed by atoms with van der Waals surface area (Å²) in [6.45, 7) is 2.00. The zero-order chi connectivity index (χ0) is 9.97. The van der Waals surface area contributed by atoms with Crippen molar-refractivity contribution in [2.24, 2.45) is 0 Å². The second-order valence-electron chi connectivity index (χ2n) is 3.79. The van der Waals surface area contributed by atoms with E-state index in [2.05, 4.69) is 4.98 Å². The van der Waals surface area contributed by atoms with Crippen molar-refractivity contribution in [1.82, 2.24) is 4.98 Å². The lowest BCUT2D eigenvalue weighted by atomic mass is 10.0. The summed E-state index contributed by atoms with van der Waals surface area (Å²) in [6.07, 6.45) is 5.61. The van der Waals surface area contributed by atoms with Crippen LogP contribution in [0.3, 0.4) is 0 Å². The Bertz CT molecular complexity index is 310. The molecule has 0 spiro atoms. The van der Waals surface area contributed by atoms with Crippen LogP contribution in [0, 0.1) is 6.92 Å². The third-order valence-corrected chi connectivity index (χ3v) is 4.00. The summed E-state index contributed by atoms with van der Waals surface area (Å²) >= 11 is 1.87. The van der Waals surface area contributed by atoms with Gasteiger partial charge in [-0.15, -0.1) is 0 Å². The van der Waals surface area contributed by atoms with E-state index in [4.69, 9.17) is 0 Å². The molecule has 2 unspecified atom stereocenters. The zero-order valence-corrected chi connectivity index (χ0v) is 9.13. The molecule has 0 saturated carbocycles. The largest absolute Gasteiger partial charge is 0.387 e. The minimum absolute atomic E-state index is 0.338. The molecular formula is C11H15NOS. The number of nitrogens with zero attached hydrogens (tertiary/aromatic N) is 1. The molecule has 0 radical (unpaired) electrons. The molecular weight excluding hydrogens is 194 g/mol. The molecule has 1 aromatic heterocycles. The van der Waals surface area contributed by atoms with E-state index in [0.717, 1.165) is 17.5 Å². The van der Waals surface area contributed by atoms with Crippen molar-refractivity contribution in [3.8, 4) is 0 Å². The van der Waals surface area contributed by atoms with Crippen molar-refractivity contribution in [2.45, 2.75) is 31.1 Å². The SMILES string of the molecule is Cc1cncc(C(O)C2CCCS2)c1. The summed E-state index contributed by atoms with van der Waals surface area (Å²) in [4.78, 5) is 4.11. The number of pyridine rings is 1. The van der Waals surface area contributed by atoms with Crippen molar-refractivity contribution >= 4 is 11.8 Å². The van der Waals surface area contributed by atoms with Gasteiger partial charge in [-0.05, 0) is 31.1 Å². The van der Waals surface area contributed by atoms with Gasteiger partial charge in [0.15, 0.2) is 0 Å². The molecule has 1 aliphatic rings. The van der Waals surface area contributed by atoms with Gasteiger partial charge >= 0.3 is 0 Å². The molecule has 76 valence electrons. The molecule has 1 aliphatic heterocycles. The number of aryl methyl sites for hydroxylation is 1. The predicted molar refractivity (Wildman–Crippen MR) is 59.4 cm³/mol.